The lowest BCUT2D eigenvalue weighted by Gasteiger charge is -2.25. The van der Waals surface area contributed by atoms with Gasteiger partial charge in [0.05, 0.1) is 6.54 Å². The Bertz CT molecular complexity index is 449. The molecule has 0 saturated carbocycles. The minimum Gasteiger partial charge on any atom is -0.306 e. The molecule has 0 heterocycles. The molecular weight excluding hydrogens is 284 g/mol. The van der Waals surface area contributed by atoms with E-state index < -0.39 is 29.3 Å². The third-order valence-corrected chi connectivity index (χ3v) is 3.69. The lowest BCUT2D eigenvalue weighted by atomic mass is 9.95. The Labute approximate surface area is 121 Å². The van der Waals surface area contributed by atoms with E-state index in [0.29, 0.717) is 0 Å². The van der Waals surface area contributed by atoms with Crippen molar-refractivity contribution in [1.29, 1.82) is 0 Å². The van der Waals surface area contributed by atoms with Crippen molar-refractivity contribution in [3.8, 4) is 0 Å². The van der Waals surface area contributed by atoms with E-state index >= 15 is 0 Å². The van der Waals surface area contributed by atoms with Crippen molar-refractivity contribution in [3.63, 3.8) is 0 Å². The normalized spacial score (nSPS) is 15.3. The maximum atomic E-state index is 13.5. The summed E-state index contributed by atoms with van der Waals surface area (Å²) < 4.78 is 46.0. The van der Waals surface area contributed by atoms with Crippen molar-refractivity contribution in [2.75, 3.05) is 12.3 Å². The van der Waals surface area contributed by atoms with Crippen LogP contribution >= 0.6 is 0 Å². The summed E-state index contributed by atoms with van der Waals surface area (Å²) in [5.41, 5.74) is 2.05. The van der Waals surface area contributed by atoms with Crippen LogP contribution in [0.5, 0.6) is 0 Å². The summed E-state index contributed by atoms with van der Waals surface area (Å²) in [6.07, 6.45) is 0. The summed E-state index contributed by atoms with van der Waals surface area (Å²) in [6.45, 7) is 5.24. The Hall–Kier alpha value is -0.850. The first-order valence-electron chi connectivity index (χ1n) is 6.46. The number of rotatable bonds is 7. The van der Waals surface area contributed by atoms with Crippen molar-refractivity contribution in [3.05, 3.63) is 35.4 Å². The van der Waals surface area contributed by atoms with Crippen LogP contribution in [0.2, 0.25) is 0 Å². The number of hydrogen-bond donors (Lipinski definition) is 2. The minimum absolute atomic E-state index is 0.133. The van der Waals surface area contributed by atoms with Crippen LogP contribution in [0, 0.1) is 12.8 Å². The second-order valence-electron chi connectivity index (χ2n) is 5.34. The summed E-state index contributed by atoms with van der Waals surface area (Å²) in [5, 5.41) is 2.81. The van der Waals surface area contributed by atoms with E-state index in [1.807, 2.05) is 45.0 Å². The zero-order chi connectivity index (χ0) is 15.3. The van der Waals surface area contributed by atoms with Gasteiger partial charge >= 0.3 is 0 Å². The Kier molecular flexibility index (Phi) is 6.23. The third kappa shape index (κ3) is 5.64. The highest BCUT2D eigenvalue weighted by atomic mass is 32.2. The molecule has 114 valence electrons. The molecule has 0 aliphatic carbocycles. The Morgan fingerprint density at radius 2 is 1.85 bits per heavy atom. The number of halogens is 2. The van der Waals surface area contributed by atoms with Gasteiger partial charge in [0.15, 0.2) is 11.1 Å². The largest absolute Gasteiger partial charge is 0.306 e. The standard InChI is InChI=1S/C14H21F2NO2S/c1-10(2)13(12-6-4-11(3)5-7-12)17-8-14(15,16)9-20(18)19/h4-7,10,13,17H,8-9H2,1-3H3,(H,18,19). The third-order valence-electron chi connectivity index (χ3n) is 3.02. The van der Waals surface area contributed by atoms with Crippen molar-refractivity contribution in [1.82, 2.24) is 5.32 Å². The molecule has 2 atom stereocenters. The highest BCUT2D eigenvalue weighted by Crippen LogP contribution is 2.24. The molecule has 0 aliphatic rings. The predicted octanol–water partition coefficient (Wildman–Crippen LogP) is 3.14. The first kappa shape index (κ1) is 17.2. The second-order valence-corrected chi connectivity index (χ2v) is 6.27. The van der Waals surface area contributed by atoms with Gasteiger partial charge in [0, 0.05) is 6.04 Å². The fourth-order valence-electron chi connectivity index (χ4n) is 2.00. The van der Waals surface area contributed by atoms with Crippen LogP contribution in [0.3, 0.4) is 0 Å². The summed E-state index contributed by atoms with van der Waals surface area (Å²) in [7, 11) is 0. The maximum Gasteiger partial charge on any atom is 0.273 e. The number of aryl methyl sites for hydroxylation is 1. The lowest BCUT2D eigenvalue weighted by Crippen LogP contribution is -2.40. The fourth-order valence-corrected chi connectivity index (χ4v) is 2.47. The first-order valence-corrected chi connectivity index (χ1v) is 7.74. The van der Waals surface area contributed by atoms with Crippen LogP contribution in [0.4, 0.5) is 8.78 Å². The number of benzene rings is 1. The van der Waals surface area contributed by atoms with Crippen molar-refractivity contribution in [2.45, 2.75) is 32.7 Å². The smallest absolute Gasteiger partial charge is 0.273 e. The van der Waals surface area contributed by atoms with E-state index in [1.165, 1.54) is 0 Å². The first-order chi connectivity index (χ1) is 9.21. The van der Waals surface area contributed by atoms with Gasteiger partial charge < -0.3 is 9.87 Å². The van der Waals surface area contributed by atoms with Crippen molar-refractivity contribution >= 4 is 11.1 Å². The van der Waals surface area contributed by atoms with Gasteiger partial charge in [-0.25, -0.2) is 13.0 Å². The minimum atomic E-state index is -3.20. The van der Waals surface area contributed by atoms with E-state index in [2.05, 4.69) is 5.32 Å². The monoisotopic (exact) mass is 305 g/mol. The molecular formula is C14H21F2NO2S. The van der Waals surface area contributed by atoms with Crippen LogP contribution in [-0.4, -0.2) is 27.0 Å². The van der Waals surface area contributed by atoms with Crippen LogP contribution in [-0.2, 0) is 11.1 Å². The van der Waals surface area contributed by atoms with E-state index in [4.69, 9.17) is 4.55 Å². The molecule has 1 aromatic rings. The van der Waals surface area contributed by atoms with E-state index in [1.54, 1.807) is 0 Å². The molecule has 0 saturated heterocycles. The Morgan fingerprint density at radius 1 is 1.30 bits per heavy atom. The molecule has 3 nitrogen and oxygen atoms in total. The van der Waals surface area contributed by atoms with E-state index in [9.17, 15) is 13.0 Å². The summed E-state index contributed by atoms with van der Waals surface area (Å²) in [4.78, 5) is 0. The van der Waals surface area contributed by atoms with Crippen molar-refractivity contribution < 1.29 is 17.5 Å². The van der Waals surface area contributed by atoms with Gasteiger partial charge in [-0.3, -0.25) is 0 Å². The molecule has 0 aliphatic heterocycles. The summed E-state index contributed by atoms with van der Waals surface area (Å²) >= 11 is -2.50. The molecule has 0 aromatic heterocycles. The molecule has 0 radical (unpaired) electrons. The van der Waals surface area contributed by atoms with Gasteiger partial charge in [-0.1, -0.05) is 43.7 Å². The molecule has 6 heteroatoms. The SMILES string of the molecule is Cc1ccc(C(NCC(F)(F)CS(=O)O)C(C)C)cc1. The molecule has 1 rings (SSSR count). The molecule has 1 aromatic carbocycles. The maximum absolute atomic E-state index is 13.5. The fraction of sp³-hybridized carbons (Fsp3) is 0.571. The van der Waals surface area contributed by atoms with Crippen LogP contribution in [0.1, 0.15) is 31.0 Å². The molecule has 0 fully saturated rings. The van der Waals surface area contributed by atoms with Gasteiger partial charge in [-0.15, -0.1) is 0 Å². The van der Waals surface area contributed by atoms with Gasteiger partial charge in [0.1, 0.15) is 5.75 Å². The molecule has 2 N–H and O–H groups in total. The van der Waals surface area contributed by atoms with Crippen LogP contribution in [0.25, 0.3) is 0 Å². The molecule has 0 spiro atoms. The molecule has 0 amide bonds. The Balaban J connectivity index is 2.74. The van der Waals surface area contributed by atoms with Gasteiger partial charge in [0.25, 0.3) is 5.92 Å². The van der Waals surface area contributed by atoms with Gasteiger partial charge in [-0.2, -0.15) is 0 Å². The quantitative estimate of drug-likeness (QED) is 0.761. The molecule has 2 unspecified atom stereocenters. The van der Waals surface area contributed by atoms with Crippen LogP contribution in [0.15, 0.2) is 24.3 Å². The summed E-state index contributed by atoms with van der Waals surface area (Å²) in [5.74, 6) is -4.11. The highest BCUT2D eigenvalue weighted by molar-refractivity contribution is 7.79. The topological polar surface area (TPSA) is 49.3 Å². The number of alkyl halides is 2. The second kappa shape index (κ2) is 7.24. The van der Waals surface area contributed by atoms with Crippen LogP contribution < -0.4 is 5.32 Å². The zero-order valence-electron chi connectivity index (χ0n) is 11.9. The van der Waals surface area contributed by atoms with E-state index in [-0.39, 0.29) is 12.0 Å². The molecule has 20 heavy (non-hydrogen) atoms. The lowest BCUT2D eigenvalue weighted by molar-refractivity contribution is 0.0216. The van der Waals surface area contributed by atoms with E-state index in [0.717, 1.165) is 11.1 Å². The van der Waals surface area contributed by atoms with Gasteiger partial charge in [-0.05, 0) is 18.4 Å². The highest BCUT2D eigenvalue weighted by Gasteiger charge is 2.32. The molecule has 0 bridgehead atoms. The number of hydrogen-bond acceptors (Lipinski definition) is 2. The summed E-state index contributed by atoms with van der Waals surface area (Å²) in [6, 6.07) is 7.49. The average Bonchev–Trinajstić information content (AvgIpc) is 2.29. The average molecular weight is 305 g/mol. The van der Waals surface area contributed by atoms with Crippen molar-refractivity contribution in [2.24, 2.45) is 5.92 Å². The van der Waals surface area contributed by atoms with Gasteiger partial charge in [0.2, 0.25) is 0 Å². The predicted molar refractivity (Wildman–Crippen MR) is 77.3 cm³/mol. The number of nitrogens with one attached hydrogen (secondary N) is 1. The zero-order valence-corrected chi connectivity index (χ0v) is 12.7. The Morgan fingerprint density at radius 3 is 2.30 bits per heavy atom.